The van der Waals surface area contributed by atoms with Gasteiger partial charge in [-0.25, -0.2) is 4.79 Å². The monoisotopic (exact) mass is 345 g/mol. The smallest absolute Gasteiger partial charge is 0.321 e. The molecule has 5 nitrogen and oxygen atoms in total. The van der Waals surface area contributed by atoms with Crippen LogP contribution in [0.1, 0.15) is 32.6 Å². The summed E-state index contributed by atoms with van der Waals surface area (Å²) in [5, 5.41) is 2.98. The lowest BCUT2D eigenvalue weighted by molar-refractivity contribution is 0.130. The third kappa shape index (κ3) is 5.11. The molecule has 0 bridgehead atoms. The Morgan fingerprint density at radius 2 is 1.88 bits per heavy atom. The first kappa shape index (κ1) is 18.1. The van der Waals surface area contributed by atoms with Crippen LogP contribution in [0.5, 0.6) is 5.75 Å². The molecule has 1 N–H and O–H groups in total. The van der Waals surface area contributed by atoms with Crippen molar-refractivity contribution < 1.29 is 9.53 Å². The van der Waals surface area contributed by atoms with Gasteiger partial charge in [-0.15, -0.1) is 0 Å². The minimum Gasteiger partial charge on any atom is -0.497 e. The SMILES string of the molecule is COc1cccc(NC(=O)N2CCC(CN3CCC(C)CC3)CC2)c1. The van der Waals surface area contributed by atoms with Crippen molar-refractivity contribution in [2.24, 2.45) is 11.8 Å². The standard InChI is InChI=1S/C20H31N3O2/c1-16-6-10-22(11-7-16)15-17-8-12-23(13-9-17)20(24)21-18-4-3-5-19(14-18)25-2/h3-5,14,16-17H,6-13,15H2,1-2H3,(H,21,24). The van der Waals surface area contributed by atoms with E-state index in [1.54, 1.807) is 7.11 Å². The predicted molar refractivity (Wildman–Crippen MR) is 101 cm³/mol. The van der Waals surface area contributed by atoms with E-state index in [1.165, 1.54) is 32.5 Å². The molecule has 25 heavy (non-hydrogen) atoms. The number of likely N-dealkylation sites (tertiary alicyclic amines) is 2. The van der Waals surface area contributed by atoms with E-state index < -0.39 is 0 Å². The molecule has 2 saturated heterocycles. The number of amides is 2. The van der Waals surface area contributed by atoms with Crippen LogP contribution in [0.15, 0.2) is 24.3 Å². The normalized spacial score (nSPS) is 20.5. The predicted octanol–water partition coefficient (Wildman–Crippen LogP) is 3.67. The van der Waals surface area contributed by atoms with Gasteiger partial charge in [-0.1, -0.05) is 13.0 Å². The number of methoxy groups -OCH3 is 1. The van der Waals surface area contributed by atoms with E-state index in [9.17, 15) is 4.79 Å². The van der Waals surface area contributed by atoms with E-state index in [1.807, 2.05) is 29.2 Å². The Morgan fingerprint density at radius 3 is 2.56 bits per heavy atom. The van der Waals surface area contributed by atoms with Crippen molar-refractivity contribution in [2.45, 2.75) is 32.6 Å². The quantitative estimate of drug-likeness (QED) is 0.905. The summed E-state index contributed by atoms with van der Waals surface area (Å²) in [4.78, 5) is 17.0. The van der Waals surface area contributed by atoms with Crippen molar-refractivity contribution in [3.8, 4) is 5.75 Å². The highest BCUT2D eigenvalue weighted by molar-refractivity contribution is 5.89. The molecule has 2 heterocycles. The van der Waals surface area contributed by atoms with Gasteiger partial charge in [-0.3, -0.25) is 0 Å². The highest BCUT2D eigenvalue weighted by Crippen LogP contribution is 2.23. The van der Waals surface area contributed by atoms with Crippen molar-refractivity contribution in [3.63, 3.8) is 0 Å². The molecule has 1 aromatic carbocycles. The van der Waals surface area contributed by atoms with Gasteiger partial charge in [0.15, 0.2) is 0 Å². The number of urea groups is 1. The lowest BCUT2D eigenvalue weighted by atomic mass is 9.93. The van der Waals surface area contributed by atoms with E-state index in [0.29, 0.717) is 0 Å². The summed E-state index contributed by atoms with van der Waals surface area (Å²) < 4.78 is 5.21. The Morgan fingerprint density at radius 1 is 1.16 bits per heavy atom. The van der Waals surface area contributed by atoms with E-state index in [-0.39, 0.29) is 6.03 Å². The molecule has 0 atom stereocenters. The number of benzene rings is 1. The molecular weight excluding hydrogens is 314 g/mol. The van der Waals surface area contributed by atoms with Gasteiger partial charge < -0.3 is 19.9 Å². The molecular formula is C20H31N3O2. The fraction of sp³-hybridized carbons (Fsp3) is 0.650. The minimum absolute atomic E-state index is 0.00139. The average Bonchev–Trinajstić information content (AvgIpc) is 2.64. The van der Waals surface area contributed by atoms with Crippen LogP contribution in [0.2, 0.25) is 0 Å². The van der Waals surface area contributed by atoms with Crippen molar-refractivity contribution in [2.75, 3.05) is 45.2 Å². The highest BCUT2D eigenvalue weighted by atomic mass is 16.5. The van der Waals surface area contributed by atoms with Gasteiger partial charge in [-0.05, 0) is 62.7 Å². The number of hydrogen-bond acceptors (Lipinski definition) is 3. The third-order valence-corrected chi connectivity index (χ3v) is 5.62. The number of piperidine rings is 2. The Balaban J connectivity index is 1.43. The van der Waals surface area contributed by atoms with Crippen LogP contribution < -0.4 is 10.1 Å². The topological polar surface area (TPSA) is 44.8 Å². The zero-order valence-electron chi connectivity index (χ0n) is 15.5. The number of carbonyl (C=O) groups excluding carboxylic acids is 1. The van der Waals surface area contributed by atoms with Crippen molar-refractivity contribution in [3.05, 3.63) is 24.3 Å². The van der Waals surface area contributed by atoms with Crippen LogP contribution in [-0.2, 0) is 0 Å². The Hall–Kier alpha value is -1.75. The van der Waals surface area contributed by atoms with E-state index >= 15 is 0 Å². The lowest BCUT2D eigenvalue weighted by Crippen LogP contribution is -2.44. The minimum atomic E-state index is -0.00139. The molecule has 0 unspecified atom stereocenters. The highest BCUT2D eigenvalue weighted by Gasteiger charge is 2.25. The van der Waals surface area contributed by atoms with Gasteiger partial charge in [-0.2, -0.15) is 0 Å². The summed E-state index contributed by atoms with van der Waals surface area (Å²) in [5.74, 6) is 2.38. The summed E-state index contributed by atoms with van der Waals surface area (Å²) in [5.41, 5.74) is 0.786. The van der Waals surface area contributed by atoms with Crippen molar-refractivity contribution >= 4 is 11.7 Å². The fourth-order valence-corrected chi connectivity index (χ4v) is 3.83. The maximum atomic E-state index is 12.5. The molecule has 5 heteroatoms. The molecule has 138 valence electrons. The van der Waals surface area contributed by atoms with Gasteiger partial charge in [0.25, 0.3) is 0 Å². The van der Waals surface area contributed by atoms with Crippen molar-refractivity contribution in [1.82, 2.24) is 9.80 Å². The Bertz CT molecular complexity index is 562. The maximum absolute atomic E-state index is 12.5. The summed E-state index contributed by atoms with van der Waals surface area (Å²) in [7, 11) is 1.63. The number of hydrogen-bond donors (Lipinski definition) is 1. The Labute approximate surface area is 151 Å². The van der Waals surface area contributed by atoms with Crippen LogP contribution in [0.4, 0.5) is 10.5 Å². The molecule has 3 rings (SSSR count). The van der Waals surface area contributed by atoms with Gasteiger partial charge >= 0.3 is 6.03 Å². The largest absolute Gasteiger partial charge is 0.497 e. The number of anilines is 1. The molecule has 0 saturated carbocycles. The zero-order valence-corrected chi connectivity index (χ0v) is 15.5. The first-order chi connectivity index (χ1) is 12.1. The van der Waals surface area contributed by atoms with Crippen LogP contribution >= 0.6 is 0 Å². The molecule has 0 spiro atoms. The molecule has 0 radical (unpaired) electrons. The molecule has 2 aliphatic rings. The van der Waals surface area contributed by atoms with Crippen LogP contribution in [-0.4, -0.2) is 55.7 Å². The van der Waals surface area contributed by atoms with E-state index in [4.69, 9.17) is 4.74 Å². The summed E-state index contributed by atoms with van der Waals surface area (Å²) >= 11 is 0. The number of nitrogens with one attached hydrogen (secondary N) is 1. The van der Waals surface area contributed by atoms with Crippen molar-refractivity contribution in [1.29, 1.82) is 0 Å². The Kier molecular flexibility index (Phi) is 6.19. The van der Waals surface area contributed by atoms with E-state index in [2.05, 4.69) is 17.1 Å². The van der Waals surface area contributed by atoms with Crippen LogP contribution in [0.25, 0.3) is 0 Å². The summed E-state index contributed by atoms with van der Waals surface area (Å²) in [6.45, 7) is 7.76. The fourth-order valence-electron chi connectivity index (χ4n) is 3.83. The molecule has 2 fully saturated rings. The second-order valence-electron chi connectivity index (χ2n) is 7.58. The van der Waals surface area contributed by atoms with Gasteiger partial charge in [0.05, 0.1) is 7.11 Å². The lowest BCUT2D eigenvalue weighted by Gasteiger charge is -2.37. The van der Waals surface area contributed by atoms with Gasteiger partial charge in [0, 0.05) is 31.4 Å². The van der Waals surface area contributed by atoms with Crippen LogP contribution in [0, 0.1) is 11.8 Å². The zero-order chi connectivity index (χ0) is 17.6. The second kappa shape index (κ2) is 8.56. The third-order valence-electron chi connectivity index (χ3n) is 5.62. The summed E-state index contributed by atoms with van der Waals surface area (Å²) in [6, 6.07) is 7.51. The second-order valence-corrected chi connectivity index (χ2v) is 7.58. The number of nitrogens with zero attached hydrogens (tertiary/aromatic N) is 2. The summed E-state index contributed by atoms with van der Waals surface area (Å²) in [6.07, 6.45) is 4.89. The van der Waals surface area contributed by atoms with E-state index in [0.717, 1.165) is 49.2 Å². The molecule has 1 aromatic rings. The van der Waals surface area contributed by atoms with Gasteiger partial charge in [0.1, 0.15) is 5.75 Å². The first-order valence-electron chi connectivity index (χ1n) is 9.56. The maximum Gasteiger partial charge on any atom is 0.321 e. The molecule has 0 aromatic heterocycles. The number of carbonyl (C=O) groups is 1. The molecule has 0 aliphatic carbocycles. The van der Waals surface area contributed by atoms with Gasteiger partial charge in [0.2, 0.25) is 0 Å². The number of rotatable bonds is 4. The average molecular weight is 345 g/mol. The number of ether oxygens (including phenoxy) is 1. The first-order valence-corrected chi connectivity index (χ1v) is 9.56. The molecule has 2 amide bonds. The van der Waals surface area contributed by atoms with Crippen LogP contribution in [0.3, 0.4) is 0 Å². The molecule has 2 aliphatic heterocycles.